The summed E-state index contributed by atoms with van der Waals surface area (Å²) in [7, 11) is 1.64. The Hall–Kier alpha value is -1.81. The highest BCUT2D eigenvalue weighted by molar-refractivity contribution is 5.19. The Kier molecular flexibility index (Phi) is 5.39. The van der Waals surface area contributed by atoms with E-state index in [1.807, 2.05) is 18.2 Å². The van der Waals surface area contributed by atoms with Crippen LogP contribution in [0.2, 0.25) is 0 Å². The van der Waals surface area contributed by atoms with Crippen LogP contribution in [0.5, 0.6) is 5.88 Å². The van der Waals surface area contributed by atoms with Crippen LogP contribution in [0.15, 0.2) is 36.7 Å². The van der Waals surface area contributed by atoms with Gasteiger partial charge in [0.15, 0.2) is 0 Å². The lowest BCUT2D eigenvalue weighted by molar-refractivity contribution is 0.396. The van der Waals surface area contributed by atoms with Gasteiger partial charge < -0.3 is 14.6 Å². The first-order chi connectivity index (χ1) is 10.1. The van der Waals surface area contributed by atoms with Crippen molar-refractivity contribution in [2.45, 2.75) is 33.4 Å². The van der Waals surface area contributed by atoms with Crippen LogP contribution < -0.4 is 10.1 Å². The molecule has 0 bridgehead atoms. The maximum atomic E-state index is 5.17. The first kappa shape index (κ1) is 15.6. The zero-order valence-corrected chi connectivity index (χ0v) is 13.3. The second-order valence-electron chi connectivity index (χ2n) is 5.57. The normalized spacial score (nSPS) is 12.6. The molecule has 1 N–H and O–H groups in total. The lowest BCUT2D eigenvalue weighted by Gasteiger charge is -2.20. The van der Waals surface area contributed by atoms with Crippen LogP contribution >= 0.6 is 0 Å². The molecule has 114 valence electrons. The second-order valence-corrected chi connectivity index (χ2v) is 5.57. The Morgan fingerprint density at radius 2 is 2.10 bits per heavy atom. The topological polar surface area (TPSA) is 39.1 Å². The fourth-order valence-corrected chi connectivity index (χ4v) is 2.55. The Bertz CT molecular complexity index is 563. The van der Waals surface area contributed by atoms with Crippen molar-refractivity contribution in [3.8, 4) is 5.88 Å². The highest BCUT2D eigenvalue weighted by Gasteiger charge is 2.15. The summed E-state index contributed by atoms with van der Waals surface area (Å²) < 4.78 is 7.34. The molecule has 1 atom stereocenters. The third-order valence-corrected chi connectivity index (χ3v) is 3.56. The van der Waals surface area contributed by atoms with Crippen molar-refractivity contribution in [2.75, 3.05) is 13.7 Å². The molecule has 0 saturated carbocycles. The molecule has 0 aliphatic heterocycles. The van der Waals surface area contributed by atoms with Crippen LogP contribution in [0.25, 0.3) is 0 Å². The summed E-state index contributed by atoms with van der Waals surface area (Å²) in [6.45, 7) is 8.37. The van der Waals surface area contributed by atoms with Gasteiger partial charge in [-0.2, -0.15) is 0 Å². The van der Waals surface area contributed by atoms with E-state index >= 15 is 0 Å². The highest BCUT2D eigenvalue weighted by atomic mass is 16.5. The van der Waals surface area contributed by atoms with Crippen LogP contribution in [0.3, 0.4) is 0 Å². The summed E-state index contributed by atoms with van der Waals surface area (Å²) in [5, 5.41) is 3.54. The van der Waals surface area contributed by atoms with Crippen molar-refractivity contribution >= 4 is 0 Å². The third kappa shape index (κ3) is 4.08. The van der Waals surface area contributed by atoms with Gasteiger partial charge in [-0.15, -0.1) is 0 Å². The molecule has 0 fully saturated rings. The van der Waals surface area contributed by atoms with Gasteiger partial charge in [0.1, 0.15) is 0 Å². The Balaban J connectivity index is 2.11. The zero-order valence-electron chi connectivity index (χ0n) is 13.3. The van der Waals surface area contributed by atoms with E-state index in [9.17, 15) is 0 Å². The number of methoxy groups -OCH3 is 1. The van der Waals surface area contributed by atoms with Crippen LogP contribution in [0, 0.1) is 5.92 Å². The molecular formula is C17H25N3O. The van der Waals surface area contributed by atoms with Crippen molar-refractivity contribution in [2.24, 2.45) is 5.92 Å². The van der Waals surface area contributed by atoms with E-state index < -0.39 is 0 Å². The average molecular weight is 287 g/mol. The lowest BCUT2D eigenvalue weighted by atomic mass is 9.98. The van der Waals surface area contributed by atoms with E-state index in [4.69, 9.17) is 4.74 Å². The predicted octanol–water partition coefficient (Wildman–Crippen LogP) is 3.25. The quantitative estimate of drug-likeness (QED) is 0.849. The number of nitrogens with zero attached hydrogens (tertiary/aromatic N) is 2. The second kappa shape index (κ2) is 7.27. The first-order valence-corrected chi connectivity index (χ1v) is 7.53. The molecule has 4 heteroatoms. The van der Waals surface area contributed by atoms with Gasteiger partial charge in [0.2, 0.25) is 5.88 Å². The number of nitrogens with one attached hydrogen (secondary N) is 1. The van der Waals surface area contributed by atoms with Crippen molar-refractivity contribution in [3.05, 3.63) is 47.9 Å². The lowest BCUT2D eigenvalue weighted by Crippen LogP contribution is -2.25. The average Bonchev–Trinajstić information content (AvgIpc) is 2.92. The summed E-state index contributed by atoms with van der Waals surface area (Å²) in [6.07, 6.45) is 4.32. The number of ether oxygens (including phenoxy) is 1. The van der Waals surface area contributed by atoms with E-state index in [0.29, 0.717) is 17.8 Å². The minimum Gasteiger partial charge on any atom is -0.481 e. The monoisotopic (exact) mass is 287 g/mol. The van der Waals surface area contributed by atoms with E-state index in [1.165, 1.54) is 5.56 Å². The molecule has 0 amide bonds. The van der Waals surface area contributed by atoms with Gasteiger partial charge in [0.25, 0.3) is 0 Å². The van der Waals surface area contributed by atoms with Gasteiger partial charge in [-0.25, -0.2) is 4.98 Å². The maximum absolute atomic E-state index is 5.17. The molecule has 0 aliphatic rings. The van der Waals surface area contributed by atoms with Crippen molar-refractivity contribution < 1.29 is 4.74 Å². The molecule has 0 radical (unpaired) electrons. The molecule has 2 rings (SSSR count). The van der Waals surface area contributed by atoms with E-state index in [0.717, 1.165) is 18.8 Å². The Morgan fingerprint density at radius 1 is 1.29 bits per heavy atom. The third-order valence-electron chi connectivity index (χ3n) is 3.56. The first-order valence-electron chi connectivity index (χ1n) is 7.53. The number of hydrogen-bond acceptors (Lipinski definition) is 3. The molecule has 1 unspecified atom stereocenters. The summed E-state index contributed by atoms with van der Waals surface area (Å²) in [5.74, 6) is 1.23. The fraction of sp³-hybridized carbons (Fsp3) is 0.471. The minimum atomic E-state index is 0.398. The molecular weight excluding hydrogens is 262 g/mol. The standard InChI is InChI=1S/C17H25N3O/c1-5-18-17(13(2)3)14-9-10-20(11-14)12-15-7-6-8-16(19-15)21-4/h6-11,13,17-18H,5,12H2,1-4H3. The maximum Gasteiger partial charge on any atom is 0.213 e. The van der Waals surface area contributed by atoms with Gasteiger partial charge in [-0.1, -0.05) is 26.8 Å². The Labute approximate surface area is 127 Å². The van der Waals surface area contributed by atoms with E-state index in [2.05, 4.69) is 54.1 Å². The number of rotatable bonds is 7. The predicted molar refractivity (Wildman–Crippen MR) is 85.6 cm³/mol. The van der Waals surface area contributed by atoms with Crippen LogP contribution in [-0.4, -0.2) is 23.2 Å². The van der Waals surface area contributed by atoms with Crippen molar-refractivity contribution in [1.82, 2.24) is 14.9 Å². The van der Waals surface area contributed by atoms with Crippen molar-refractivity contribution in [3.63, 3.8) is 0 Å². The van der Waals surface area contributed by atoms with Gasteiger partial charge >= 0.3 is 0 Å². The van der Waals surface area contributed by atoms with E-state index in [-0.39, 0.29) is 0 Å². The molecule has 2 heterocycles. The summed E-state index contributed by atoms with van der Waals surface area (Å²) in [6, 6.07) is 8.44. The smallest absolute Gasteiger partial charge is 0.213 e. The summed E-state index contributed by atoms with van der Waals surface area (Å²) in [5.41, 5.74) is 2.33. The number of hydrogen-bond donors (Lipinski definition) is 1. The minimum absolute atomic E-state index is 0.398. The molecule has 0 aliphatic carbocycles. The largest absolute Gasteiger partial charge is 0.481 e. The van der Waals surface area contributed by atoms with Crippen LogP contribution in [0.1, 0.15) is 38.1 Å². The Morgan fingerprint density at radius 3 is 2.76 bits per heavy atom. The van der Waals surface area contributed by atoms with Crippen molar-refractivity contribution in [1.29, 1.82) is 0 Å². The SMILES string of the molecule is CCNC(c1ccn(Cc2cccc(OC)n2)c1)C(C)C. The zero-order chi connectivity index (χ0) is 15.2. The molecule has 0 saturated heterocycles. The highest BCUT2D eigenvalue weighted by Crippen LogP contribution is 2.22. The molecule has 21 heavy (non-hydrogen) atoms. The van der Waals surface area contributed by atoms with Crippen LogP contribution in [0.4, 0.5) is 0 Å². The molecule has 2 aromatic rings. The number of pyridine rings is 1. The number of aromatic nitrogens is 2. The van der Waals surface area contributed by atoms with Crippen LogP contribution in [-0.2, 0) is 6.54 Å². The molecule has 2 aromatic heterocycles. The summed E-state index contributed by atoms with van der Waals surface area (Å²) in [4.78, 5) is 4.45. The summed E-state index contributed by atoms with van der Waals surface area (Å²) >= 11 is 0. The molecule has 0 aromatic carbocycles. The van der Waals surface area contributed by atoms with Gasteiger partial charge in [-0.3, -0.25) is 0 Å². The molecule has 4 nitrogen and oxygen atoms in total. The molecule has 0 spiro atoms. The van der Waals surface area contributed by atoms with E-state index in [1.54, 1.807) is 7.11 Å². The van der Waals surface area contributed by atoms with Gasteiger partial charge in [-0.05, 0) is 30.2 Å². The van der Waals surface area contributed by atoms with Gasteiger partial charge in [0.05, 0.1) is 19.3 Å². The van der Waals surface area contributed by atoms with Gasteiger partial charge in [0, 0.05) is 24.5 Å². The fourth-order valence-electron chi connectivity index (χ4n) is 2.55.